The Labute approximate surface area is 300 Å². The first-order valence-corrected chi connectivity index (χ1v) is 17.3. The summed E-state index contributed by atoms with van der Waals surface area (Å²) in [7, 11) is 0. The van der Waals surface area contributed by atoms with E-state index in [1.54, 1.807) is 24.3 Å². The predicted molar refractivity (Wildman–Crippen MR) is 192 cm³/mol. The van der Waals surface area contributed by atoms with Crippen molar-refractivity contribution in [2.45, 2.75) is 78.4 Å². The summed E-state index contributed by atoms with van der Waals surface area (Å²) in [5, 5.41) is 42.9. The van der Waals surface area contributed by atoms with Crippen molar-refractivity contribution >= 4 is 64.5 Å². The fourth-order valence-electron chi connectivity index (χ4n) is 4.63. The molecule has 16 nitrogen and oxygen atoms in total. The normalized spacial score (nSPS) is 12.9. The molecule has 7 N–H and O–H groups in total. The maximum atomic E-state index is 13.2. The second kappa shape index (κ2) is 19.9. The first kappa shape index (κ1) is 42.0. The number of anilines is 2. The molecule has 3 unspecified atom stereocenters. The molecule has 0 spiro atoms. The molecule has 0 aliphatic heterocycles. The lowest BCUT2D eigenvalue weighted by molar-refractivity contribution is -0.384. The first-order valence-electron chi connectivity index (χ1n) is 16.2. The number of aliphatic carboxylic acids is 2. The van der Waals surface area contributed by atoms with Crippen molar-refractivity contribution in [3.8, 4) is 0 Å². The Balaban J connectivity index is 1.91. The molecule has 0 aliphatic rings. The summed E-state index contributed by atoms with van der Waals surface area (Å²) in [5.41, 5.74) is 0.899. The van der Waals surface area contributed by atoms with E-state index in [1.807, 2.05) is 34.6 Å². The van der Waals surface area contributed by atoms with Crippen LogP contribution >= 0.6 is 11.8 Å². The summed E-state index contributed by atoms with van der Waals surface area (Å²) in [6.07, 6.45) is 0.248. The molecule has 0 fully saturated rings. The first-order chi connectivity index (χ1) is 23.8. The lowest BCUT2D eigenvalue weighted by Crippen LogP contribution is -2.52. The molecule has 17 heteroatoms. The highest BCUT2D eigenvalue weighted by atomic mass is 32.2. The summed E-state index contributed by atoms with van der Waals surface area (Å²) >= 11 is 1.13. The van der Waals surface area contributed by atoms with Crippen LogP contribution in [0.4, 0.5) is 21.9 Å². The highest BCUT2D eigenvalue weighted by molar-refractivity contribution is 7.99. The van der Waals surface area contributed by atoms with Gasteiger partial charge in [0.25, 0.3) is 5.69 Å². The van der Waals surface area contributed by atoms with E-state index in [0.717, 1.165) is 11.8 Å². The van der Waals surface area contributed by atoms with Crippen LogP contribution in [0.1, 0.15) is 59.4 Å². The molecule has 0 radical (unpaired) electrons. The Morgan fingerprint density at radius 1 is 0.784 bits per heavy atom. The van der Waals surface area contributed by atoms with Crippen molar-refractivity contribution in [2.24, 2.45) is 11.3 Å². The predicted octanol–water partition coefficient (Wildman–Crippen LogP) is 4.01. The third-order valence-corrected chi connectivity index (χ3v) is 8.14. The standard InChI is InChI=1S/C34H46N6O10S/c1-20(2)16-26(30(43)39-25(31(44)45)14-15-51-19-27(32(46)47)38-29(42)18-34(3,4)5)37-28(41)17-21-6-8-22(9-7-21)35-33(48)36-23-10-12-24(13-11-23)40(49)50/h6-13,20,25-27H,14-19H2,1-5H3,(H,37,41)(H,38,42)(H,39,43)(H,44,45)(H,46,47)(H2,35,36,48). The average molecular weight is 731 g/mol. The van der Waals surface area contributed by atoms with Gasteiger partial charge in [-0.15, -0.1) is 0 Å². The number of carboxylic acids is 2. The summed E-state index contributed by atoms with van der Waals surface area (Å²) in [5.74, 6) is -3.90. The third-order valence-electron chi connectivity index (χ3n) is 7.05. The Morgan fingerprint density at radius 2 is 1.31 bits per heavy atom. The van der Waals surface area contributed by atoms with Gasteiger partial charge in [0, 0.05) is 35.7 Å². The van der Waals surface area contributed by atoms with E-state index in [2.05, 4.69) is 26.6 Å². The van der Waals surface area contributed by atoms with Gasteiger partial charge in [-0.1, -0.05) is 46.8 Å². The number of urea groups is 1. The lowest BCUT2D eigenvalue weighted by atomic mass is 9.92. The Bertz CT molecular complexity index is 1540. The van der Waals surface area contributed by atoms with Crippen LogP contribution in [0.5, 0.6) is 0 Å². The van der Waals surface area contributed by atoms with Crippen molar-refractivity contribution in [3.63, 3.8) is 0 Å². The second-order valence-corrected chi connectivity index (χ2v) is 14.6. The van der Waals surface area contributed by atoms with Gasteiger partial charge in [-0.3, -0.25) is 24.5 Å². The molecule has 2 rings (SSSR count). The largest absolute Gasteiger partial charge is 0.480 e. The van der Waals surface area contributed by atoms with Gasteiger partial charge in [0.1, 0.15) is 18.1 Å². The highest BCUT2D eigenvalue weighted by Crippen LogP contribution is 2.19. The fourth-order valence-corrected chi connectivity index (χ4v) is 5.66. The number of carboxylic acid groups (broad SMARTS) is 2. The maximum Gasteiger partial charge on any atom is 0.327 e. The van der Waals surface area contributed by atoms with Crippen LogP contribution in [0.3, 0.4) is 0 Å². The Morgan fingerprint density at radius 3 is 1.80 bits per heavy atom. The van der Waals surface area contributed by atoms with Gasteiger partial charge in [0.15, 0.2) is 0 Å². The molecule has 0 aromatic heterocycles. The number of carbonyl (C=O) groups is 6. The van der Waals surface area contributed by atoms with E-state index in [4.69, 9.17) is 0 Å². The molecule has 0 saturated heterocycles. The number of amides is 5. The van der Waals surface area contributed by atoms with Gasteiger partial charge in [-0.25, -0.2) is 14.4 Å². The van der Waals surface area contributed by atoms with Crippen LogP contribution in [-0.2, 0) is 30.4 Å². The van der Waals surface area contributed by atoms with Crippen LogP contribution in [0.25, 0.3) is 0 Å². The minimum absolute atomic E-state index is 0.00392. The number of thioether (sulfide) groups is 1. The van der Waals surface area contributed by atoms with Gasteiger partial charge < -0.3 is 36.8 Å². The number of nitrogens with zero attached hydrogens (tertiary/aromatic N) is 1. The van der Waals surface area contributed by atoms with Crippen molar-refractivity contribution in [1.29, 1.82) is 0 Å². The van der Waals surface area contributed by atoms with Crippen molar-refractivity contribution < 1.29 is 43.9 Å². The van der Waals surface area contributed by atoms with Gasteiger partial charge in [-0.05, 0) is 59.8 Å². The topological polar surface area (TPSA) is 246 Å². The fraction of sp³-hybridized carbons (Fsp3) is 0.471. The molecule has 0 aliphatic carbocycles. The van der Waals surface area contributed by atoms with E-state index >= 15 is 0 Å². The molecule has 0 heterocycles. The maximum absolute atomic E-state index is 13.2. The number of carbonyl (C=O) groups excluding carboxylic acids is 4. The monoisotopic (exact) mass is 730 g/mol. The van der Waals surface area contributed by atoms with Gasteiger partial charge in [0.2, 0.25) is 17.7 Å². The van der Waals surface area contributed by atoms with Gasteiger partial charge >= 0.3 is 18.0 Å². The van der Waals surface area contributed by atoms with Crippen molar-refractivity contribution in [2.75, 3.05) is 22.1 Å². The number of hydrogen-bond donors (Lipinski definition) is 7. The number of nitrogens with one attached hydrogen (secondary N) is 5. The van der Waals surface area contributed by atoms with Crippen LogP contribution < -0.4 is 26.6 Å². The van der Waals surface area contributed by atoms with Crippen LogP contribution in [-0.4, -0.2) is 80.5 Å². The van der Waals surface area contributed by atoms with E-state index in [1.165, 1.54) is 24.3 Å². The van der Waals surface area contributed by atoms with Crippen LogP contribution in [0, 0.1) is 21.4 Å². The molecular formula is C34H46N6O10S. The van der Waals surface area contributed by atoms with Crippen molar-refractivity contribution in [3.05, 3.63) is 64.2 Å². The summed E-state index contributed by atoms with van der Waals surface area (Å²) in [6.45, 7) is 9.26. The molecule has 0 bridgehead atoms. The number of non-ortho nitro benzene ring substituents is 1. The highest BCUT2D eigenvalue weighted by Gasteiger charge is 2.28. The number of hydrogen-bond acceptors (Lipinski definition) is 9. The Kier molecular flexibility index (Phi) is 16.3. The zero-order chi connectivity index (χ0) is 38.3. The minimum Gasteiger partial charge on any atom is -0.480 e. The molecule has 3 atom stereocenters. The quantitative estimate of drug-likeness (QED) is 0.0618. The van der Waals surface area contributed by atoms with Crippen molar-refractivity contribution in [1.82, 2.24) is 16.0 Å². The zero-order valence-electron chi connectivity index (χ0n) is 29.2. The Hall–Kier alpha value is -5.19. The number of rotatable bonds is 19. The van der Waals surface area contributed by atoms with E-state index in [0.29, 0.717) is 16.9 Å². The van der Waals surface area contributed by atoms with Crippen LogP contribution in [0.2, 0.25) is 0 Å². The van der Waals surface area contributed by atoms with Gasteiger partial charge in [-0.2, -0.15) is 11.8 Å². The molecule has 51 heavy (non-hydrogen) atoms. The number of benzene rings is 2. The minimum atomic E-state index is -1.30. The molecule has 5 amide bonds. The SMILES string of the molecule is CC(C)CC(NC(=O)Cc1ccc(NC(=O)Nc2ccc([N+](=O)[O-])cc2)cc1)C(=O)NC(CCSCC(NC(=O)CC(C)(C)C)C(=O)O)C(=O)O. The molecule has 2 aromatic rings. The second-order valence-electron chi connectivity index (χ2n) is 13.5. The zero-order valence-corrected chi connectivity index (χ0v) is 30.0. The number of nitro groups is 1. The molecular weight excluding hydrogens is 684 g/mol. The van der Waals surface area contributed by atoms with E-state index in [9.17, 15) is 49.1 Å². The summed E-state index contributed by atoms with van der Waals surface area (Å²) in [4.78, 5) is 84.5. The summed E-state index contributed by atoms with van der Waals surface area (Å²) in [6, 6.07) is 7.62. The third kappa shape index (κ3) is 16.4. The molecule has 278 valence electrons. The van der Waals surface area contributed by atoms with E-state index in [-0.39, 0.29) is 54.2 Å². The van der Waals surface area contributed by atoms with Crippen LogP contribution in [0.15, 0.2) is 48.5 Å². The lowest BCUT2D eigenvalue weighted by Gasteiger charge is -2.23. The molecule has 2 aromatic carbocycles. The van der Waals surface area contributed by atoms with E-state index < -0.39 is 58.7 Å². The van der Waals surface area contributed by atoms with Gasteiger partial charge in [0.05, 0.1) is 11.3 Å². The number of nitro benzene ring substituents is 1. The summed E-state index contributed by atoms with van der Waals surface area (Å²) < 4.78 is 0. The molecule has 0 saturated carbocycles. The average Bonchev–Trinajstić information content (AvgIpc) is 3.01. The smallest absolute Gasteiger partial charge is 0.327 e.